The van der Waals surface area contributed by atoms with Crippen molar-refractivity contribution in [3.05, 3.63) is 30.6 Å². The topological polar surface area (TPSA) is 56.1 Å². The van der Waals surface area contributed by atoms with Crippen molar-refractivity contribution in [2.24, 2.45) is 5.92 Å². The molecule has 1 atom stereocenters. The maximum atomic E-state index is 5.14. The van der Waals surface area contributed by atoms with Gasteiger partial charge in [0.25, 0.3) is 0 Å². The summed E-state index contributed by atoms with van der Waals surface area (Å²) in [4.78, 5) is 15.8. The molecule has 1 saturated heterocycles. The number of hydrogen-bond acceptors (Lipinski definition) is 5. The summed E-state index contributed by atoms with van der Waals surface area (Å²) >= 11 is 0. The van der Waals surface area contributed by atoms with Crippen LogP contribution in [0.25, 0.3) is 0 Å². The summed E-state index contributed by atoms with van der Waals surface area (Å²) in [6, 6.07) is 0. The van der Waals surface area contributed by atoms with Gasteiger partial charge in [0, 0.05) is 37.9 Å². The Balaban J connectivity index is 1.48. The highest BCUT2D eigenvalue weighted by Gasteiger charge is 2.28. The lowest BCUT2D eigenvalue weighted by Crippen LogP contribution is -2.36. The molecule has 6 heteroatoms. The summed E-state index contributed by atoms with van der Waals surface area (Å²) in [6.45, 7) is 3.07. The number of hydrogen-bond donors (Lipinski definition) is 0. The Kier molecular flexibility index (Phi) is 3.89. The number of nitrogens with zero attached hydrogens (tertiary/aromatic N) is 5. The van der Waals surface area contributed by atoms with Crippen LogP contribution in [0.15, 0.2) is 24.8 Å². The van der Waals surface area contributed by atoms with Crippen molar-refractivity contribution in [2.45, 2.75) is 38.1 Å². The number of imidazole rings is 1. The summed E-state index contributed by atoms with van der Waals surface area (Å²) in [6.07, 6.45) is 12.6. The lowest BCUT2D eigenvalue weighted by molar-refractivity contribution is 0.409. The van der Waals surface area contributed by atoms with E-state index in [0.29, 0.717) is 11.7 Å². The third-order valence-corrected chi connectivity index (χ3v) is 4.82. The van der Waals surface area contributed by atoms with Crippen molar-refractivity contribution in [1.29, 1.82) is 0 Å². The van der Waals surface area contributed by atoms with Gasteiger partial charge in [-0.3, -0.25) is 0 Å². The smallest absolute Gasteiger partial charge is 0.225 e. The van der Waals surface area contributed by atoms with E-state index in [-0.39, 0.29) is 0 Å². The van der Waals surface area contributed by atoms with Crippen LogP contribution < -0.4 is 9.64 Å². The third-order valence-electron chi connectivity index (χ3n) is 4.82. The van der Waals surface area contributed by atoms with Gasteiger partial charge in [0.1, 0.15) is 5.82 Å². The Morgan fingerprint density at radius 2 is 2.00 bits per heavy atom. The summed E-state index contributed by atoms with van der Waals surface area (Å²) in [5, 5.41) is 0. The number of aromatic nitrogens is 4. The van der Waals surface area contributed by atoms with Crippen molar-refractivity contribution in [3.63, 3.8) is 0 Å². The van der Waals surface area contributed by atoms with Crippen LogP contribution in [-0.4, -0.2) is 39.7 Å². The summed E-state index contributed by atoms with van der Waals surface area (Å²) in [5.74, 6) is 4.05. The fraction of sp³-hybridized carbons (Fsp3) is 0.588. The van der Waals surface area contributed by atoms with E-state index in [2.05, 4.69) is 30.6 Å². The molecule has 6 nitrogen and oxygen atoms in total. The monoisotopic (exact) mass is 313 g/mol. The second-order valence-electron chi connectivity index (χ2n) is 6.59. The maximum absolute atomic E-state index is 5.14. The molecule has 0 unspecified atom stereocenters. The fourth-order valence-corrected chi connectivity index (χ4v) is 3.36. The first-order chi connectivity index (χ1) is 11.3. The molecule has 0 spiro atoms. The second-order valence-corrected chi connectivity index (χ2v) is 6.59. The Morgan fingerprint density at radius 1 is 1.17 bits per heavy atom. The molecule has 2 aromatic rings. The molecule has 0 bridgehead atoms. The van der Waals surface area contributed by atoms with Gasteiger partial charge in [0.05, 0.1) is 19.5 Å². The molecular weight excluding hydrogens is 290 g/mol. The van der Waals surface area contributed by atoms with E-state index in [0.717, 1.165) is 37.9 Å². The molecule has 2 aliphatic rings. The summed E-state index contributed by atoms with van der Waals surface area (Å²) < 4.78 is 7.50. The molecule has 0 radical (unpaired) electrons. The van der Waals surface area contributed by atoms with Crippen molar-refractivity contribution in [2.75, 3.05) is 25.1 Å². The standard InChI is InChI=1S/C17H23N5O/c1-23-15-9-19-17(20-10-15)22-7-2-3-14(12-22)16-18-6-8-21(16)11-13-4-5-13/h6,8-10,13-14H,2-5,7,11-12H2,1H3/t14-/m0/s1. The normalized spacial score (nSPS) is 21.4. The number of piperidine rings is 1. The highest BCUT2D eigenvalue weighted by atomic mass is 16.5. The van der Waals surface area contributed by atoms with Gasteiger partial charge in [-0.15, -0.1) is 0 Å². The molecule has 1 saturated carbocycles. The minimum Gasteiger partial charge on any atom is -0.494 e. The van der Waals surface area contributed by atoms with Crippen LogP contribution in [0.4, 0.5) is 5.95 Å². The molecule has 2 aromatic heterocycles. The average molecular weight is 313 g/mol. The molecule has 0 N–H and O–H groups in total. The van der Waals surface area contributed by atoms with Crippen LogP contribution in [0.3, 0.4) is 0 Å². The first-order valence-electron chi connectivity index (χ1n) is 8.45. The molecule has 2 fully saturated rings. The molecule has 4 rings (SSSR count). The summed E-state index contributed by atoms with van der Waals surface area (Å²) in [7, 11) is 1.63. The highest BCUT2D eigenvalue weighted by molar-refractivity contribution is 5.33. The van der Waals surface area contributed by atoms with Crippen molar-refractivity contribution in [3.8, 4) is 5.75 Å². The zero-order valence-electron chi connectivity index (χ0n) is 13.6. The average Bonchev–Trinajstić information content (AvgIpc) is 3.30. The first kappa shape index (κ1) is 14.5. The van der Waals surface area contributed by atoms with Crippen LogP contribution in [0.1, 0.15) is 37.4 Å². The Bertz CT molecular complexity index is 649. The summed E-state index contributed by atoms with van der Waals surface area (Å²) in [5.41, 5.74) is 0. The number of anilines is 1. The molecule has 23 heavy (non-hydrogen) atoms. The van der Waals surface area contributed by atoms with E-state index in [9.17, 15) is 0 Å². The minimum atomic E-state index is 0.461. The van der Waals surface area contributed by atoms with Gasteiger partial charge in [-0.2, -0.15) is 0 Å². The molecule has 0 amide bonds. The largest absolute Gasteiger partial charge is 0.494 e. The minimum absolute atomic E-state index is 0.461. The zero-order chi connectivity index (χ0) is 15.6. The number of methoxy groups -OCH3 is 1. The lowest BCUT2D eigenvalue weighted by Gasteiger charge is -2.32. The predicted octanol–water partition coefficient (Wildman–Crippen LogP) is 2.48. The van der Waals surface area contributed by atoms with Crippen LogP contribution in [0.2, 0.25) is 0 Å². The SMILES string of the molecule is COc1cnc(N2CCC[C@H](c3nccn3CC3CC3)C2)nc1. The van der Waals surface area contributed by atoms with Gasteiger partial charge in [-0.05, 0) is 31.6 Å². The molecule has 1 aliphatic carbocycles. The first-order valence-corrected chi connectivity index (χ1v) is 8.45. The predicted molar refractivity (Wildman–Crippen MR) is 87.7 cm³/mol. The van der Waals surface area contributed by atoms with E-state index >= 15 is 0 Å². The van der Waals surface area contributed by atoms with Gasteiger partial charge in [-0.25, -0.2) is 15.0 Å². The highest BCUT2D eigenvalue weighted by Crippen LogP contribution is 2.33. The zero-order valence-corrected chi connectivity index (χ0v) is 13.6. The molecule has 3 heterocycles. The molecule has 122 valence electrons. The van der Waals surface area contributed by atoms with E-state index in [1.165, 1.54) is 25.1 Å². The van der Waals surface area contributed by atoms with E-state index in [1.807, 2.05) is 6.20 Å². The van der Waals surface area contributed by atoms with Crippen LogP contribution in [0.5, 0.6) is 5.75 Å². The van der Waals surface area contributed by atoms with Crippen LogP contribution >= 0.6 is 0 Å². The van der Waals surface area contributed by atoms with Gasteiger partial charge in [-0.1, -0.05) is 0 Å². The maximum Gasteiger partial charge on any atom is 0.225 e. The van der Waals surface area contributed by atoms with E-state index in [4.69, 9.17) is 4.74 Å². The van der Waals surface area contributed by atoms with Gasteiger partial charge in [0.2, 0.25) is 5.95 Å². The Morgan fingerprint density at radius 3 is 2.74 bits per heavy atom. The van der Waals surface area contributed by atoms with Crippen molar-refractivity contribution in [1.82, 2.24) is 19.5 Å². The number of rotatable bonds is 5. The van der Waals surface area contributed by atoms with Gasteiger partial charge < -0.3 is 14.2 Å². The molecular formula is C17H23N5O. The van der Waals surface area contributed by atoms with Gasteiger partial charge in [0.15, 0.2) is 5.75 Å². The Labute approximate surface area is 136 Å². The van der Waals surface area contributed by atoms with Crippen LogP contribution in [0, 0.1) is 5.92 Å². The van der Waals surface area contributed by atoms with E-state index < -0.39 is 0 Å². The third kappa shape index (κ3) is 3.16. The van der Waals surface area contributed by atoms with Gasteiger partial charge >= 0.3 is 0 Å². The van der Waals surface area contributed by atoms with Crippen LogP contribution in [-0.2, 0) is 6.54 Å². The number of ether oxygens (including phenoxy) is 1. The van der Waals surface area contributed by atoms with Crippen molar-refractivity contribution < 1.29 is 4.74 Å². The quantitative estimate of drug-likeness (QED) is 0.849. The lowest BCUT2D eigenvalue weighted by atomic mass is 9.97. The van der Waals surface area contributed by atoms with Crippen molar-refractivity contribution >= 4 is 5.95 Å². The second kappa shape index (κ2) is 6.18. The Hall–Kier alpha value is -2.11. The molecule has 1 aliphatic heterocycles. The van der Waals surface area contributed by atoms with E-state index in [1.54, 1.807) is 19.5 Å². The molecule has 0 aromatic carbocycles. The fourth-order valence-electron chi connectivity index (χ4n) is 3.36.